The van der Waals surface area contributed by atoms with Gasteiger partial charge in [-0.15, -0.1) is 0 Å². The molecule has 0 amide bonds. The molecular formula is C9H5F2IN2O2. The summed E-state index contributed by atoms with van der Waals surface area (Å²) in [7, 11) is 0. The molecule has 1 aromatic rings. The first-order valence-corrected chi connectivity index (χ1v) is 5.13. The highest BCUT2D eigenvalue weighted by Crippen LogP contribution is 2.25. The van der Waals surface area contributed by atoms with E-state index in [1.165, 1.54) is 0 Å². The van der Waals surface area contributed by atoms with Crippen molar-refractivity contribution in [1.29, 1.82) is 5.26 Å². The number of halogens is 3. The summed E-state index contributed by atoms with van der Waals surface area (Å²) in [6, 6.07) is 2.64. The van der Waals surface area contributed by atoms with Gasteiger partial charge in [0.2, 0.25) is 0 Å². The fourth-order valence-corrected chi connectivity index (χ4v) is 1.75. The quantitative estimate of drug-likeness (QED) is 0.677. The minimum Gasteiger partial charge on any atom is -0.481 e. The Balaban J connectivity index is 3.27. The van der Waals surface area contributed by atoms with Gasteiger partial charge in [-0.1, -0.05) is 0 Å². The van der Waals surface area contributed by atoms with Gasteiger partial charge in [-0.05, 0) is 28.7 Å². The molecule has 0 bridgehead atoms. The van der Waals surface area contributed by atoms with Crippen LogP contribution in [0.5, 0.6) is 0 Å². The van der Waals surface area contributed by atoms with Crippen LogP contribution in [0.1, 0.15) is 23.2 Å². The predicted molar refractivity (Wildman–Crippen MR) is 58.0 cm³/mol. The second kappa shape index (κ2) is 5.16. The van der Waals surface area contributed by atoms with E-state index in [1.54, 1.807) is 28.7 Å². The molecule has 7 heteroatoms. The van der Waals surface area contributed by atoms with E-state index in [0.29, 0.717) is 0 Å². The highest BCUT2D eigenvalue weighted by molar-refractivity contribution is 14.1. The van der Waals surface area contributed by atoms with E-state index in [2.05, 4.69) is 4.98 Å². The first-order valence-electron chi connectivity index (χ1n) is 4.05. The number of carbonyl (C=O) groups is 1. The molecule has 0 spiro atoms. The van der Waals surface area contributed by atoms with Crippen molar-refractivity contribution in [1.82, 2.24) is 4.98 Å². The van der Waals surface area contributed by atoms with Crippen LogP contribution >= 0.6 is 22.6 Å². The van der Waals surface area contributed by atoms with Crippen molar-refractivity contribution in [3.63, 3.8) is 0 Å². The maximum Gasteiger partial charge on any atom is 0.309 e. The van der Waals surface area contributed by atoms with Gasteiger partial charge in [0.25, 0.3) is 6.43 Å². The van der Waals surface area contributed by atoms with Crippen molar-refractivity contribution in [3.8, 4) is 6.07 Å². The predicted octanol–water partition coefficient (Wildman–Crippen LogP) is 2.12. The van der Waals surface area contributed by atoms with Gasteiger partial charge in [-0.2, -0.15) is 5.26 Å². The normalized spacial score (nSPS) is 10.2. The molecule has 16 heavy (non-hydrogen) atoms. The van der Waals surface area contributed by atoms with Gasteiger partial charge >= 0.3 is 5.97 Å². The van der Waals surface area contributed by atoms with Crippen LogP contribution in [0.3, 0.4) is 0 Å². The molecule has 0 saturated carbocycles. The zero-order valence-corrected chi connectivity index (χ0v) is 9.90. The Labute approximate surface area is 103 Å². The number of alkyl halides is 2. The van der Waals surface area contributed by atoms with Crippen molar-refractivity contribution in [2.75, 3.05) is 0 Å². The average molecular weight is 338 g/mol. The minimum absolute atomic E-state index is 0.00352. The molecule has 1 rings (SSSR count). The van der Waals surface area contributed by atoms with Crippen molar-refractivity contribution in [2.24, 2.45) is 0 Å². The first-order chi connectivity index (χ1) is 7.45. The number of nitrogens with zero attached hydrogens (tertiary/aromatic N) is 2. The van der Waals surface area contributed by atoms with Crippen LogP contribution in [0.25, 0.3) is 0 Å². The van der Waals surface area contributed by atoms with E-state index >= 15 is 0 Å². The number of aromatic nitrogens is 1. The van der Waals surface area contributed by atoms with E-state index in [4.69, 9.17) is 10.4 Å². The van der Waals surface area contributed by atoms with Crippen molar-refractivity contribution < 1.29 is 18.7 Å². The third-order valence-electron chi connectivity index (χ3n) is 1.76. The Morgan fingerprint density at radius 2 is 2.31 bits per heavy atom. The topological polar surface area (TPSA) is 74.0 Å². The van der Waals surface area contributed by atoms with Crippen LogP contribution < -0.4 is 0 Å². The van der Waals surface area contributed by atoms with Gasteiger partial charge in [-0.3, -0.25) is 4.79 Å². The second-order valence-corrected chi connectivity index (χ2v) is 3.87. The van der Waals surface area contributed by atoms with Crippen LogP contribution in [-0.4, -0.2) is 16.1 Å². The largest absolute Gasteiger partial charge is 0.481 e. The van der Waals surface area contributed by atoms with Gasteiger partial charge in [0.1, 0.15) is 9.77 Å². The average Bonchev–Trinajstić information content (AvgIpc) is 2.16. The fraction of sp³-hybridized carbons (Fsp3) is 0.222. The lowest BCUT2D eigenvalue weighted by Gasteiger charge is -2.06. The summed E-state index contributed by atoms with van der Waals surface area (Å²) >= 11 is 1.59. The van der Waals surface area contributed by atoms with E-state index in [1.807, 2.05) is 0 Å². The number of rotatable bonds is 3. The molecule has 0 unspecified atom stereocenters. The Bertz CT molecular complexity index is 471. The molecule has 1 aromatic heterocycles. The van der Waals surface area contributed by atoms with Crippen molar-refractivity contribution in [2.45, 2.75) is 12.8 Å². The zero-order chi connectivity index (χ0) is 12.3. The molecule has 0 aromatic carbocycles. The van der Waals surface area contributed by atoms with Crippen molar-refractivity contribution in [3.05, 3.63) is 26.6 Å². The van der Waals surface area contributed by atoms with Crippen LogP contribution in [0, 0.1) is 15.0 Å². The molecular weight excluding hydrogens is 333 g/mol. The van der Waals surface area contributed by atoms with Gasteiger partial charge in [0.05, 0.1) is 23.2 Å². The molecule has 1 heterocycles. The monoisotopic (exact) mass is 338 g/mol. The van der Waals surface area contributed by atoms with Gasteiger partial charge in [-0.25, -0.2) is 13.8 Å². The maximum absolute atomic E-state index is 12.5. The lowest BCUT2D eigenvalue weighted by atomic mass is 10.1. The highest BCUT2D eigenvalue weighted by atomic mass is 127. The number of carboxylic acid groups (broad SMARTS) is 1. The van der Waals surface area contributed by atoms with E-state index in [0.717, 1.165) is 6.07 Å². The number of hydrogen-bond acceptors (Lipinski definition) is 3. The molecule has 0 saturated heterocycles. The van der Waals surface area contributed by atoms with Gasteiger partial charge < -0.3 is 5.11 Å². The minimum atomic E-state index is -2.73. The number of carboxylic acids is 1. The van der Waals surface area contributed by atoms with Crippen LogP contribution in [-0.2, 0) is 11.2 Å². The lowest BCUT2D eigenvalue weighted by Crippen LogP contribution is -2.08. The van der Waals surface area contributed by atoms with E-state index in [9.17, 15) is 13.6 Å². The van der Waals surface area contributed by atoms with Gasteiger partial charge in [0.15, 0.2) is 0 Å². The summed E-state index contributed by atoms with van der Waals surface area (Å²) in [4.78, 5) is 14.2. The number of aliphatic carboxylic acids is 1. The molecule has 0 atom stereocenters. The highest BCUT2D eigenvalue weighted by Gasteiger charge is 2.18. The molecule has 0 aliphatic rings. The third-order valence-corrected chi connectivity index (χ3v) is 2.62. The molecule has 4 nitrogen and oxygen atoms in total. The van der Waals surface area contributed by atoms with E-state index in [-0.39, 0.29) is 20.5 Å². The standard InChI is InChI=1S/C9H5F2IN2O2/c10-8(11)5-1-4(3-13)6(2-7(15)16)14-9(5)12/h1,8H,2H2,(H,15,16). The molecule has 0 fully saturated rings. The molecule has 0 aliphatic carbocycles. The van der Waals surface area contributed by atoms with Crippen LogP contribution in [0.15, 0.2) is 6.07 Å². The fourth-order valence-electron chi connectivity index (χ4n) is 1.07. The zero-order valence-electron chi connectivity index (χ0n) is 7.75. The second-order valence-electron chi connectivity index (χ2n) is 2.85. The molecule has 0 radical (unpaired) electrons. The summed E-state index contributed by atoms with van der Waals surface area (Å²) in [5, 5.41) is 17.3. The summed E-state index contributed by atoms with van der Waals surface area (Å²) in [5.41, 5.74) is -0.479. The Morgan fingerprint density at radius 3 is 2.75 bits per heavy atom. The Hall–Kier alpha value is -1.30. The van der Waals surface area contributed by atoms with Crippen molar-refractivity contribution >= 4 is 28.6 Å². The summed E-state index contributed by atoms with van der Waals surface area (Å²) in [6.07, 6.45) is -3.19. The summed E-state index contributed by atoms with van der Waals surface area (Å²) in [5.74, 6) is -1.16. The molecule has 0 aliphatic heterocycles. The maximum atomic E-state index is 12.5. The number of nitriles is 1. The molecule has 1 N–H and O–H groups in total. The van der Waals surface area contributed by atoms with Crippen LogP contribution in [0.2, 0.25) is 0 Å². The SMILES string of the molecule is N#Cc1cc(C(F)F)c(I)nc1CC(=O)O. The van der Waals surface area contributed by atoms with Crippen LogP contribution in [0.4, 0.5) is 8.78 Å². The third kappa shape index (κ3) is 2.85. The Morgan fingerprint density at radius 1 is 1.69 bits per heavy atom. The smallest absolute Gasteiger partial charge is 0.309 e. The lowest BCUT2D eigenvalue weighted by molar-refractivity contribution is -0.136. The molecule has 84 valence electrons. The van der Waals surface area contributed by atoms with E-state index < -0.39 is 18.8 Å². The Kier molecular flexibility index (Phi) is 4.12. The summed E-state index contributed by atoms with van der Waals surface area (Å²) in [6.45, 7) is 0. The van der Waals surface area contributed by atoms with Gasteiger partial charge in [0, 0.05) is 0 Å². The number of pyridine rings is 1. The first kappa shape index (κ1) is 12.8. The summed E-state index contributed by atoms with van der Waals surface area (Å²) < 4.78 is 25.0. The number of hydrogen-bond donors (Lipinski definition) is 1.